The van der Waals surface area contributed by atoms with Gasteiger partial charge >= 0.3 is 111 Å². The van der Waals surface area contributed by atoms with Gasteiger partial charge in [-0.25, -0.2) is 0 Å². The van der Waals surface area contributed by atoms with Gasteiger partial charge in [-0.15, -0.1) is 0 Å². The molecule has 1 nitrogen and oxygen atoms in total. The van der Waals surface area contributed by atoms with E-state index in [4.69, 9.17) is 4.65 Å². The quantitative estimate of drug-likeness (QED) is 0.431. The van der Waals surface area contributed by atoms with Gasteiger partial charge in [-0.05, 0) is 32.1 Å². The normalized spacial score (nSPS) is 12.3. The van der Waals surface area contributed by atoms with Crippen LogP contribution in [0.2, 0.25) is 0 Å². The van der Waals surface area contributed by atoms with Gasteiger partial charge in [0.05, 0.1) is 0 Å². The zero-order valence-corrected chi connectivity index (χ0v) is 13.8. The van der Waals surface area contributed by atoms with Gasteiger partial charge in [-0.1, -0.05) is 0 Å². The molecule has 3 rings (SSSR count). The topological polar surface area (TPSA) is 19.9 Å². The van der Waals surface area contributed by atoms with Crippen LogP contribution >= 0.6 is 0 Å². The fourth-order valence-corrected chi connectivity index (χ4v) is 2.50. The minimum Gasteiger partial charge on any atom is -0.0312 e. The molecule has 0 bridgehead atoms. The molecule has 0 spiro atoms. The van der Waals surface area contributed by atoms with Crippen LogP contribution in [-0.4, -0.2) is 4.11 Å². The van der Waals surface area contributed by atoms with Crippen LogP contribution in [-0.2, 0) is 22.5 Å². The van der Waals surface area contributed by atoms with E-state index in [0.29, 0.717) is 0 Å². The largest absolute Gasteiger partial charge is 0.0312 e. The Balaban J connectivity index is 0.000000289. The summed E-state index contributed by atoms with van der Waals surface area (Å²) in [5.74, 6) is 0. The summed E-state index contributed by atoms with van der Waals surface area (Å²) in [7, 11) is 0. The number of hydrogen-bond acceptors (Lipinski definition) is 0. The van der Waals surface area contributed by atoms with E-state index in [9.17, 15) is 0 Å². The van der Waals surface area contributed by atoms with Crippen molar-refractivity contribution in [2.75, 3.05) is 0 Å². The Morgan fingerprint density at radius 1 is 0.773 bits per heavy atom. The molecule has 2 aromatic rings. The second kappa shape index (κ2) is 11.2. The van der Waals surface area contributed by atoms with Crippen molar-refractivity contribution < 1.29 is 22.5 Å². The number of hydrogen-bond donors (Lipinski definition) is 0. The maximum absolute atomic E-state index is 7.50. The third kappa shape index (κ3) is 6.12. The van der Waals surface area contributed by atoms with Crippen LogP contribution in [0.4, 0.5) is 0 Å². The summed E-state index contributed by atoms with van der Waals surface area (Å²) in [4.78, 5) is 0. The van der Waals surface area contributed by atoms with Crippen molar-refractivity contribution in [3.05, 3.63) is 117 Å². The molecule has 22 heavy (non-hydrogen) atoms. The van der Waals surface area contributed by atoms with E-state index in [1.807, 2.05) is 68.5 Å². The van der Waals surface area contributed by atoms with Crippen LogP contribution in [0.15, 0.2) is 54.6 Å². The molecular weight excluding hydrogens is 357 g/mol. The Labute approximate surface area is 143 Å². The van der Waals surface area contributed by atoms with Crippen LogP contribution in [0.3, 0.4) is 0 Å². The van der Waals surface area contributed by atoms with E-state index in [1.165, 1.54) is 15.2 Å². The summed E-state index contributed by atoms with van der Waals surface area (Å²) in [6.45, 7) is 8.54. The number of benzene rings is 2. The molecule has 1 aliphatic carbocycles. The van der Waals surface area contributed by atoms with Gasteiger partial charge in [0.2, 0.25) is 0 Å². The van der Waals surface area contributed by atoms with Gasteiger partial charge in [0.15, 0.2) is 0 Å². The average Bonchev–Trinajstić information content (AvgIpc) is 3.17. The second-order valence-corrected chi connectivity index (χ2v) is 5.16. The monoisotopic (exact) mass is 374 g/mol. The molecule has 1 saturated carbocycles. The van der Waals surface area contributed by atoms with Crippen molar-refractivity contribution in [2.45, 2.75) is 0 Å². The molecule has 0 saturated heterocycles. The molecule has 2 heteroatoms. The summed E-state index contributed by atoms with van der Waals surface area (Å²) < 4.78 is 8.71. The van der Waals surface area contributed by atoms with E-state index in [2.05, 4.69) is 49.6 Å². The molecule has 0 atom stereocenters. The molecular formula is C20H16ORu. The van der Waals surface area contributed by atoms with Crippen molar-refractivity contribution in [2.24, 2.45) is 0 Å². The predicted octanol–water partition coefficient (Wildman–Crippen LogP) is 3.97. The fourth-order valence-electron chi connectivity index (χ4n) is 1.79. The van der Waals surface area contributed by atoms with Crippen LogP contribution in [0.1, 0.15) is 16.7 Å². The van der Waals surface area contributed by atoms with Gasteiger partial charge < -0.3 is 0 Å². The minimum atomic E-state index is 1.06. The second-order valence-electron chi connectivity index (χ2n) is 4.29. The zero-order chi connectivity index (χ0) is 16.2. The summed E-state index contributed by atoms with van der Waals surface area (Å²) >= 11 is 2.69. The van der Waals surface area contributed by atoms with E-state index in [1.54, 1.807) is 0 Å². The molecule has 2 aromatic carbocycles. The molecule has 0 N–H and O–H groups in total. The zero-order valence-electron chi connectivity index (χ0n) is 12.1. The molecule has 0 unspecified atom stereocenters. The van der Waals surface area contributed by atoms with Crippen molar-refractivity contribution in [1.29, 1.82) is 0 Å². The van der Waals surface area contributed by atoms with Crippen LogP contribution in [0.5, 0.6) is 0 Å². The van der Waals surface area contributed by atoms with Gasteiger partial charge in [-0.3, -0.25) is 0 Å². The molecule has 0 aromatic heterocycles. The van der Waals surface area contributed by atoms with Gasteiger partial charge in [0.1, 0.15) is 0 Å². The first kappa shape index (κ1) is 18.6. The van der Waals surface area contributed by atoms with E-state index < -0.39 is 0 Å². The first-order valence-electron chi connectivity index (χ1n) is 6.64. The molecule has 0 aliphatic heterocycles. The van der Waals surface area contributed by atoms with Crippen molar-refractivity contribution >= 4 is 4.11 Å². The Morgan fingerprint density at radius 3 is 1.73 bits per heavy atom. The molecule has 110 valence electrons. The maximum atomic E-state index is 7.50. The number of rotatable bonds is 2. The summed E-state index contributed by atoms with van der Waals surface area (Å²) in [6, 6.07) is 18.5. The molecule has 1 aliphatic rings. The molecule has 5 radical (unpaired) electrons. The van der Waals surface area contributed by atoms with Crippen molar-refractivity contribution in [3.63, 3.8) is 0 Å². The standard InChI is InChI=1S/C14H11.C5H5.CO.Ru/c1-12-7-5-6-10-14(12)11-13-8-3-2-4-9-13;1-2-4-5-3-1;1-2;/h2-10H,1H2;1-5H;;/q-1;;;+1. The average molecular weight is 373 g/mol. The smallest absolute Gasteiger partial charge is 0.0312 e. The molecule has 0 heterocycles. The summed E-state index contributed by atoms with van der Waals surface area (Å²) in [6.07, 6.45) is 10.0. The van der Waals surface area contributed by atoms with E-state index in [-0.39, 0.29) is 0 Å². The molecule has 0 amide bonds. The first-order chi connectivity index (χ1) is 10.8. The van der Waals surface area contributed by atoms with Crippen molar-refractivity contribution in [3.8, 4) is 0 Å². The SMILES string of the molecule is [C-]#[O+].[CH2-]c1ccccc1[C](=[Ru+])c1ccccc1.[CH]1[CH][CH][CH][CH]1. The Kier molecular flexibility index (Phi) is 9.43. The summed E-state index contributed by atoms with van der Waals surface area (Å²) in [5.41, 5.74) is 3.49. The minimum absolute atomic E-state index is 1.06. The van der Waals surface area contributed by atoms with Gasteiger partial charge in [0.25, 0.3) is 0 Å². The maximum Gasteiger partial charge on any atom is -0.0312 e. The summed E-state index contributed by atoms with van der Waals surface area (Å²) in [5, 5.41) is 0. The Hall–Kier alpha value is -1.46. The third-order valence-electron chi connectivity index (χ3n) is 2.82. The van der Waals surface area contributed by atoms with Gasteiger partial charge in [-0.2, -0.15) is 0 Å². The first-order valence-corrected chi connectivity index (χ1v) is 7.51. The van der Waals surface area contributed by atoms with Crippen molar-refractivity contribution in [1.82, 2.24) is 0 Å². The fraction of sp³-hybridized carbons (Fsp3) is 0. The van der Waals surface area contributed by atoms with Gasteiger partial charge in [0, 0.05) is 0 Å². The predicted molar refractivity (Wildman–Crippen MR) is 86.0 cm³/mol. The Bertz CT molecular complexity index is 575. The van der Waals surface area contributed by atoms with E-state index >= 15 is 0 Å². The van der Waals surface area contributed by atoms with Crippen LogP contribution in [0.25, 0.3) is 0 Å². The van der Waals surface area contributed by atoms with E-state index in [0.717, 1.165) is 5.56 Å². The Morgan fingerprint density at radius 2 is 1.23 bits per heavy atom. The molecule has 1 fully saturated rings. The van der Waals surface area contributed by atoms with Crippen LogP contribution in [0, 0.1) is 45.7 Å². The third-order valence-corrected chi connectivity index (χ3v) is 3.79. The van der Waals surface area contributed by atoms with Crippen LogP contribution < -0.4 is 0 Å².